The van der Waals surface area contributed by atoms with Crippen LogP contribution in [0, 0.1) is 13.8 Å². The zero-order valence-corrected chi connectivity index (χ0v) is 18.2. The minimum atomic E-state index is -0.201. The van der Waals surface area contributed by atoms with Crippen LogP contribution >= 0.6 is 23.4 Å². The van der Waals surface area contributed by atoms with Crippen LogP contribution in [-0.2, 0) is 0 Å². The summed E-state index contributed by atoms with van der Waals surface area (Å²) in [7, 11) is 0. The molecule has 0 unspecified atom stereocenters. The molecule has 0 N–H and O–H groups in total. The SMILES string of the molecule is CSc1nc2nc(C)c(N=Nc3ccccc3)c(C)c2c(=O)n1-c1ccc(Cl)cc1. The van der Waals surface area contributed by atoms with Gasteiger partial charge in [0.05, 0.1) is 22.5 Å². The number of nitrogens with zero attached hydrogens (tertiary/aromatic N) is 5. The fourth-order valence-corrected chi connectivity index (χ4v) is 3.88. The van der Waals surface area contributed by atoms with Crippen molar-refractivity contribution in [1.29, 1.82) is 0 Å². The number of hydrogen-bond donors (Lipinski definition) is 0. The smallest absolute Gasteiger partial charge is 0.268 e. The zero-order valence-electron chi connectivity index (χ0n) is 16.6. The van der Waals surface area contributed by atoms with Crippen LogP contribution in [0.1, 0.15) is 11.3 Å². The number of azo groups is 1. The molecule has 0 aliphatic rings. The predicted molar refractivity (Wildman–Crippen MR) is 122 cm³/mol. The van der Waals surface area contributed by atoms with Gasteiger partial charge in [0.2, 0.25) is 0 Å². The first kappa shape index (κ1) is 20.3. The van der Waals surface area contributed by atoms with Crippen LogP contribution in [0.2, 0.25) is 5.02 Å². The second-order valence-electron chi connectivity index (χ2n) is 6.62. The minimum Gasteiger partial charge on any atom is -0.268 e. The Kier molecular flexibility index (Phi) is 5.65. The molecule has 0 spiro atoms. The van der Waals surface area contributed by atoms with Gasteiger partial charge in [0, 0.05) is 5.02 Å². The van der Waals surface area contributed by atoms with Gasteiger partial charge in [-0.1, -0.05) is 41.6 Å². The standard InChI is InChI=1S/C22H18ClN5OS/c1-13-18-20(24-14(2)19(13)27-26-16-7-5-4-6-8-16)25-22(30-3)28(21(18)29)17-11-9-15(23)10-12-17/h4-12H,1-3H3. The summed E-state index contributed by atoms with van der Waals surface area (Å²) in [4.78, 5) is 22.7. The van der Waals surface area contributed by atoms with Crippen LogP contribution in [-0.4, -0.2) is 20.8 Å². The van der Waals surface area contributed by atoms with E-state index >= 15 is 0 Å². The number of fused-ring (bicyclic) bond motifs is 1. The molecule has 2 aromatic carbocycles. The molecule has 6 nitrogen and oxygen atoms in total. The number of aromatic nitrogens is 3. The average molecular weight is 436 g/mol. The van der Waals surface area contributed by atoms with Crippen molar-refractivity contribution in [2.45, 2.75) is 19.0 Å². The Morgan fingerprint density at radius 2 is 1.67 bits per heavy atom. The minimum absolute atomic E-state index is 0.201. The number of hydrogen-bond acceptors (Lipinski definition) is 6. The van der Waals surface area contributed by atoms with E-state index in [1.165, 1.54) is 11.8 Å². The molecule has 150 valence electrons. The van der Waals surface area contributed by atoms with E-state index in [0.717, 1.165) is 5.69 Å². The average Bonchev–Trinajstić information content (AvgIpc) is 2.74. The van der Waals surface area contributed by atoms with Crippen molar-refractivity contribution in [3.05, 3.63) is 81.2 Å². The first-order valence-corrected chi connectivity index (χ1v) is 10.8. The van der Waals surface area contributed by atoms with Gasteiger partial charge in [-0.3, -0.25) is 9.36 Å². The summed E-state index contributed by atoms with van der Waals surface area (Å²) >= 11 is 7.40. The summed E-state index contributed by atoms with van der Waals surface area (Å²) in [6, 6.07) is 16.5. The van der Waals surface area contributed by atoms with Crippen LogP contribution in [0.15, 0.2) is 74.8 Å². The van der Waals surface area contributed by atoms with Crippen LogP contribution in [0.5, 0.6) is 0 Å². The molecule has 0 saturated heterocycles. The summed E-state index contributed by atoms with van der Waals surface area (Å²) in [5.41, 5.74) is 3.57. The highest BCUT2D eigenvalue weighted by Gasteiger charge is 2.18. The highest BCUT2D eigenvalue weighted by atomic mass is 35.5. The van der Waals surface area contributed by atoms with Crippen molar-refractivity contribution in [2.75, 3.05) is 6.26 Å². The topological polar surface area (TPSA) is 72.5 Å². The molecular weight excluding hydrogens is 418 g/mol. The molecule has 4 aromatic rings. The van der Waals surface area contributed by atoms with Crippen molar-refractivity contribution >= 4 is 45.8 Å². The summed E-state index contributed by atoms with van der Waals surface area (Å²) in [5, 5.41) is 10.3. The van der Waals surface area contributed by atoms with Crippen LogP contribution in [0.25, 0.3) is 16.7 Å². The highest BCUT2D eigenvalue weighted by Crippen LogP contribution is 2.30. The van der Waals surface area contributed by atoms with Crippen molar-refractivity contribution in [2.24, 2.45) is 10.2 Å². The maximum atomic E-state index is 13.5. The Morgan fingerprint density at radius 3 is 2.33 bits per heavy atom. The third-order valence-electron chi connectivity index (χ3n) is 4.67. The quantitative estimate of drug-likeness (QED) is 0.217. The van der Waals surface area contributed by atoms with Crippen LogP contribution in [0.3, 0.4) is 0 Å². The van der Waals surface area contributed by atoms with E-state index in [1.807, 2.05) is 50.4 Å². The molecule has 0 bridgehead atoms. The number of thioether (sulfide) groups is 1. The van der Waals surface area contributed by atoms with Gasteiger partial charge >= 0.3 is 0 Å². The van der Waals surface area contributed by atoms with Gasteiger partial charge in [-0.05, 0) is 62.1 Å². The van der Waals surface area contributed by atoms with Crippen molar-refractivity contribution in [3.8, 4) is 5.69 Å². The summed E-state index contributed by atoms with van der Waals surface area (Å²) < 4.78 is 1.57. The van der Waals surface area contributed by atoms with Gasteiger partial charge in [-0.25, -0.2) is 9.97 Å². The van der Waals surface area contributed by atoms with Gasteiger partial charge < -0.3 is 0 Å². The number of pyridine rings is 1. The van der Waals surface area contributed by atoms with E-state index in [9.17, 15) is 4.79 Å². The van der Waals surface area contributed by atoms with E-state index < -0.39 is 0 Å². The molecule has 8 heteroatoms. The van der Waals surface area contributed by atoms with Crippen molar-refractivity contribution in [1.82, 2.24) is 14.5 Å². The Labute approximate surface area is 182 Å². The lowest BCUT2D eigenvalue weighted by Gasteiger charge is -2.14. The lowest BCUT2D eigenvalue weighted by Crippen LogP contribution is -2.23. The second-order valence-corrected chi connectivity index (χ2v) is 7.83. The number of halogens is 1. The molecule has 2 aromatic heterocycles. The molecule has 2 heterocycles. The first-order chi connectivity index (χ1) is 14.5. The van der Waals surface area contributed by atoms with Gasteiger partial charge in [-0.2, -0.15) is 5.11 Å². The normalized spacial score (nSPS) is 11.5. The third kappa shape index (κ3) is 3.74. The fraction of sp³-hybridized carbons (Fsp3) is 0.136. The molecule has 0 aliphatic carbocycles. The molecule has 0 aliphatic heterocycles. The Morgan fingerprint density at radius 1 is 0.967 bits per heavy atom. The number of aryl methyl sites for hydroxylation is 2. The van der Waals surface area contributed by atoms with Crippen molar-refractivity contribution in [3.63, 3.8) is 0 Å². The van der Waals surface area contributed by atoms with Crippen molar-refractivity contribution < 1.29 is 0 Å². The van der Waals surface area contributed by atoms with Gasteiger partial charge in [0.1, 0.15) is 5.69 Å². The molecule has 0 fully saturated rings. The second kappa shape index (κ2) is 8.38. The molecule has 4 rings (SSSR count). The molecule has 30 heavy (non-hydrogen) atoms. The van der Waals surface area contributed by atoms with Gasteiger partial charge in [0.15, 0.2) is 10.8 Å². The maximum absolute atomic E-state index is 13.5. The summed E-state index contributed by atoms with van der Waals surface area (Å²) in [5.74, 6) is 0. The Balaban J connectivity index is 1.96. The Hall–Kier alpha value is -3.03. The molecule has 0 saturated carbocycles. The molecule has 0 amide bonds. The summed E-state index contributed by atoms with van der Waals surface area (Å²) in [6.07, 6.45) is 1.88. The van der Waals surface area contributed by atoms with Crippen LogP contribution < -0.4 is 5.56 Å². The fourth-order valence-electron chi connectivity index (χ4n) is 3.21. The molecular formula is C22H18ClN5OS. The zero-order chi connectivity index (χ0) is 21.3. The number of benzene rings is 2. The lowest BCUT2D eigenvalue weighted by atomic mass is 10.1. The van der Waals surface area contributed by atoms with E-state index in [0.29, 0.717) is 43.8 Å². The largest absolute Gasteiger partial charge is 0.268 e. The van der Waals surface area contributed by atoms with E-state index in [1.54, 1.807) is 28.8 Å². The molecule has 0 atom stereocenters. The van der Waals surface area contributed by atoms with E-state index in [-0.39, 0.29) is 5.56 Å². The summed E-state index contributed by atoms with van der Waals surface area (Å²) in [6.45, 7) is 3.70. The van der Waals surface area contributed by atoms with Gasteiger partial charge in [0.25, 0.3) is 5.56 Å². The maximum Gasteiger partial charge on any atom is 0.268 e. The highest BCUT2D eigenvalue weighted by molar-refractivity contribution is 7.98. The van der Waals surface area contributed by atoms with Gasteiger partial charge in [-0.15, -0.1) is 5.11 Å². The lowest BCUT2D eigenvalue weighted by molar-refractivity contribution is 0.814. The molecule has 0 radical (unpaired) electrons. The Bertz CT molecular complexity index is 1320. The monoisotopic (exact) mass is 435 g/mol. The van der Waals surface area contributed by atoms with E-state index in [2.05, 4.69) is 20.2 Å². The number of rotatable bonds is 4. The van der Waals surface area contributed by atoms with Crippen LogP contribution in [0.4, 0.5) is 11.4 Å². The van der Waals surface area contributed by atoms with E-state index in [4.69, 9.17) is 11.6 Å². The third-order valence-corrected chi connectivity index (χ3v) is 5.56. The predicted octanol–water partition coefficient (Wildman–Crippen LogP) is 6.19. The first-order valence-electron chi connectivity index (χ1n) is 9.20.